The number of ether oxygens (including phenoxy) is 1. The van der Waals surface area contributed by atoms with Crippen LogP contribution in [0, 0.1) is 5.92 Å². The van der Waals surface area contributed by atoms with Gasteiger partial charge >= 0.3 is 5.97 Å². The lowest BCUT2D eigenvalue weighted by molar-refractivity contribution is -0.136. The highest BCUT2D eigenvalue weighted by Gasteiger charge is 2.15. The second kappa shape index (κ2) is 6.55. The van der Waals surface area contributed by atoms with Crippen molar-refractivity contribution in [3.05, 3.63) is 54.1 Å². The Morgan fingerprint density at radius 3 is 2.61 bits per heavy atom. The minimum atomic E-state index is -0.250. The van der Waals surface area contributed by atoms with E-state index < -0.39 is 0 Å². The summed E-state index contributed by atoms with van der Waals surface area (Å²) in [7, 11) is 0. The van der Waals surface area contributed by atoms with Gasteiger partial charge in [0.15, 0.2) is 0 Å². The molecule has 0 saturated carbocycles. The third kappa shape index (κ3) is 3.15. The quantitative estimate of drug-likeness (QED) is 0.457. The standard InChI is InChI=1S/C20H20O2S/c1-4-22-20(21)16(11-13(2)3)14-9-10-19-17(12-14)15-7-5-6-8-18(15)23-19/h5-13H,4H2,1-3H3. The third-order valence-electron chi connectivity index (χ3n) is 3.68. The fourth-order valence-electron chi connectivity index (χ4n) is 2.72. The van der Waals surface area contributed by atoms with Gasteiger partial charge in [-0.1, -0.05) is 44.2 Å². The van der Waals surface area contributed by atoms with Gasteiger partial charge < -0.3 is 4.74 Å². The number of esters is 1. The van der Waals surface area contributed by atoms with Crippen molar-refractivity contribution in [3.8, 4) is 0 Å². The number of rotatable bonds is 4. The summed E-state index contributed by atoms with van der Waals surface area (Å²) in [5.41, 5.74) is 1.58. The molecular formula is C20H20O2S. The Morgan fingerprint density at radius 2 is 1.87 bits per heavy atom. The Bertz CT molecular complexity index is 887. The zero-order valence-electron chi connectivity index (χ0n) is 13.6. The van der Waals surface area contributed by atoms with Crippen molar-refractivity contribution < 1.29 is 9.53 Å². The fraction of sp³-hybridized carbons (Fsp3) is 0.250. The van der Waals surface area contributed by atoms with Crippen LogP contribution in [0.4, 0.5) is 0 Å². The molecule has 0 aliphatic heterocycles. The van der Waals surface area contributed by atoms with E-state index in [1.165, 1.54) is 20.2 Å². The average Bonchev–Trinajstić information content (AvgIpc) is 2.90. The Hall–Kier alpha value is -2.13. The van der Waals surface area contributed by atoms with E-state index in [4.69, 9.17) is 4.74 Å². The third-order valence-corrected chi connectivity index (χ3v) is 4.83. The lowest BCUT2D eigenvalue weighted by Gasteiger charge is -2.09. The van der Waals surface area contributed by atoms with E-state index in [1.54, 1.807) is 11.3 Å². The monoisotopic (exact) mass is 324 g/mol. The lowest BCUT2D eigenvalue weighted by Crippen LogP contribution is -2.08. The Labute approximate surface area is 140 Å². The van der Waals surface area contributed by atoms with Crippen LogP contribution in [0.5, 0.6) is 0 Å². The van der Waals surface area contributed by atoms with Crippen molar-refractivity contribution in [2.45, 2.75) is 20.8 Å². The number of carbonyl (C=O) groups excluding carboxylic acids is 1. The Morgan fingerprint density at radius 1 is 1.13 bits per heavy atom. The fourth-order valence-corrected chi connectivity index (χ4v) is 3.80. The maximum atomic E-state index is 12.3. The summed E-state index contributed by atoms with van der Waals surface area (Å²) in [6, 6.07) is 14.6. The summed E-state index contributed by atoms with van der Waals surface area (Å²) in [6.07, 6.45) is 1.98. The molecule has 0 saturated heterocycles. The van der Waals surface area contributed by atoms with Gasteiger partial charge in [-0.2, -0.15) is 0 Å². The number of hydrogen-bond acceptors (Lipinski definition) is 3. The topological polar surface area (TPSA) is 26.3 Å². The van der Waals surface area contributed by atoms with Crippen LogP contribution in [0.25, 0.3) is 25.7 Å². The van der Waals surface area contributed by atoms with E-state index in [9.17, 15) is 4.79 Å². The van der Waals surface area contributed by atoms with E-state index in [2.05, 4.69) is 50.2 Å². The van der Waals surface area contributed by atoms with Gasteiger partial charge in [-0.15, -0.1) is 11.3 Å². The molecule has 1 aromatic heterocycles. The molecule has 0 amide bonds. The predicted molar refractivity (Wildman–Crippen MR) is 98.8 cm³/mol. The maximum absolute atomic E-state index is 12.3. The molecule has 0 radical (unpaired) electrons. The smallest absolute Gasteiger partial charge is 0.338 e. The second-order valence-electron chi connectivity index (χ2n) is 5.85. The number of benzene rings is 2. The normalized spacial score (nSPS) is 12.3. The number of carbonyl (C=O) groups is 1. The molecule has 2 nitrogen and oxygen atoms in total. The van der Waals surface area contributed by atoms with Gasteiger partial charge in [0.05, 0.1) is 12.2 Å². The van der Waals surface area contributed by atoms with E-state index >= 15 is 0 Å². The molecule has 3 aromatic rings. The van der Waals surface area contributed by atoms with Crippen molar-refractivity contribution in [2.24, 2.45) is 5.92 Å². The molecule has 0 unspecified atom stereocenters. The first-order valence-electron chi connectivity index (χ1n) is 7.90. The summed E-state index contributed by atoms with van der Waals surface area (Å²) in [4.78, 5) is 12.3. The van der Waals surface area contributed by atoms with Gasteiger partial charge in [0.25, 0.3) is 0 Å². The second-order valence-corrected chi connectivity index (χ2v) is 6.94. The minimum Gasteiger partial charge on any atom is -0.462 e. The summed E-state index contributed by atoms with van der Waals surface area (Å²) in [6.45, 7) is 6.36. The van der Waals surface area contributed by atoms with Crippen LogP contribution in [-0.2, 0) is 9.53 Å². The van der Waals surface area contributed by atoms with Gasteiger partial charge in [0.2, 0.25) is 0 Å². The molecule has 0 fully saturated rings. The molecule has 0 spiro atoms. The number of thiophene rings is 1. The van der Waals surface area contributed by atoms with E-state index in [0.29, 0.717) is 12.2 Å². The van der Waals surface area contributed by atoms with Gasteiger partial charge in [-0.25, -0.2) is 4.79 Å². The van der Waals surface area contributed by atoms with Crippen molar-refractivity contribution >= 4 is 43.1 Å². The average molecular weight is 324 g/mol. The Kier molecular flexibility index (Phi) is 4.49. The summed E-state index contributed by atoms with van der Waals surface area (Å²) in [5, 5.41) is 2.43. The zero-order chi connectivity index (χ0) is 16.4. The van der Waals surface area contributed by atoms with Gasteiger partial charge in [0, 0.05) is 20.2 Å². The highest BCUT2D eigenvalue weighted by molar-refractivity contribution is 7.25. The molecule has 0 aliphatic carbocycles. The lowest BCUT2D eigenvalue weighted by atomic mass is 9.99. The molecule has 0 atom stereocenters. The zero-order valence-corrected chi connectivity index (χ0v) is 14.4. The molecule has 1 heterocycles. The summed E-state index contributed by atoms with van der Waals surface area (Å²) >= 11 is 1.78. The van der Waals surface area contributed by atoms with E-state index in [0.717, 1.165) is 5.56 Å². The van der Waals surface area contributed by atoms with Crippen molar-refractivity contribution in [3.63, 3.8) is 0 Å². The van der Waals surface area contributed by atoms with Crippen molar-refractivity contribution in [1.82, 2.24) is 0 Å². The maximum Gasteiger partial charge on any atom is 0.338 e. The van der Waals surface area contributed by atoms with Crippen LogP contribution in [0.1, 0.15) is 26.3 Å². The van der Waals surface area contributed by atoms with Gasteiger partial charge in [0.1, 0.15) is 0 Å². The van der Waals surface area contributed by atoms with Crippen LogP contribution in [0.15, 0.2) is 48.5 Å². The van der Waals surface area contributed by atoms with Crippen LogP contribution in [0.2, 0.25) is 0 Å². The molecule has 0 aliphatic rings. The molecular weight excluding hydrogens is 304 g/mol. The van der Waals surface area contributed by atoms with Gasteiger partial charge in [-0.3, -0.25) is 0 Å². The molecule has 3 heteroatoms. The van der Waals surface area contributed by atoms with Gasteiger partial charge in [-0.05, 0) is 36.6 Å². The SMILES string of the molecule is CCOC(=O)C(=CC(C)C)c1ccc2sc3ccccc3c2c1. The first-order valence-corrected chi connectivity index (χ1v) is 8.72. The Balaban J connectivity index is 2.16. The van der Waals surface area contributed by atoms with E-state index in [-0.39, 0.29) is 11.9 Å². The molecule has 2 aromatic carbocycles. The van der Waals surface area contributed by atoms with Crippen LogP contribution in [-0.4, -0.2) is 12.6 Å². The highest BCUT2D eigenvalue weighted by Crippen LogP contribution is 2.35. The van der Waals surface area contributed by atoms with Crippen LogP contribution in [0.3, 0.4) is 0 Å². The van der Waals surface area contributed by atoms with Crippen LogP contribution < -0.4 is 0 Å². The van der Waals surface area contributed by atoms with Crippen LogP contribution >= 0.6 is 11.3 Å². The molecule has 3 rings (SSSR count). The molecule has 0 bridgehead atoms. The number of allylic oxidation sites excluding steroid dienone is 1. The largest absolute Gasteiger partial charge is 0.462 e. The van der Waals surface area contributed by atoms with Crippen molar-refractivity contribution in [2.75, 3.05) is 6.61 Å². The first kappa shape index (κ1) is 15.8. The predicted octanol–water partition coefficient (Wildman–Crippen LogP) is 5.66. The van der Waals surface area contributed by atoms with E-state index in [1.807, 2.05) is 19.1 Å². The summed E-state index contributed by atoms with van der Waals surface area (Å²) in [5.74, 6) is 0.0319. The molecule has 0 N–H and O–H groups in total. The highest BCUT2D eigenvalue weighted by atomic mass is 32.1. The number of fused-ring (bicyclic) bond motifs is 3. The summed E-state index contributed by atoms with van der Waals surface area (Å²) < 4.78 is 7.74. The molecule has 23 heavy (non-hydrogen) atoms. The minimum absolute atomic E-state index is 0.250. The molecule has 118 valence electrons. The first-order chi connectivity index (χ1) is 11.1. The number of hydrogen-bond donors (Lipinski definition) is 0. The van der Waals surface area contributed by atoms with Crippen molar-refractivity contribution in [1.29, 1.82) is 0 Å².